The Kier molecular flexibility index (Phi) is 10.3. The van der Waals surface area contributed by atoms with Gasteiger partial charge in [-0.1, -0.05) is 45.2 Å². The van der Waals surface area contributed by atoms with Crippen LogP contribution in [0.5, 0.6) is 0 Å². The summed E-state index contributed by atoms with van der Waals surface area (Å²) in [5.41, 5.74) is 9.34. The molecule has 1 saturated heterocycles. The first-order valence-corrected chi connectivity index (χ1v) is 14.3. The molecule has 0 spiro atoms. The lowest BCUT2D eigenvalue weighted by Crippen LogP contribution is -2.48. The van der Waals surface area contributed by atoms with E-state index >= 15 is 0 Å². The van der Waals surface area contributed by atoms with Crippen LogP contribution in [0.2, 0.25) is 5.02 Å². The van der Waals surface area contributed by atoms with Gasteiger partial charge in [-0.3, -0.25) is 4.98 Å². The van der Waals surface area contributed by atoms with Crippen LogP contribution in [0.25, 0.3) is 11.3 Å². The molecule has 3 rings (SSSR count). The third-order valence-corrected chi connectivity index (χ3v) is 8.36. The Balaban J connectivity index is 2.13. The topological polar surface area (TPSA) is 35.0 Å². The summed E-state index contributed by atoms with van der Waals surface area (Å²) in [6.45, 7) is 26.6. The first kappa shape index (κ1) is 30.7. The first-order valence-electron chi connectivity index (χ1n) is 13.9. The fraction of sp³-hybridized carbons (Fsp3) is 0.438. The van der Waals surface area contributed by atoms with Crippen LogP contribution in [0.15, 0.2) is 60.4 Å². The molecule has 0 N–H and O–H groups in total. The number of aliphatic imine (C=N–C) groups is 1. The maximum atomic E-state index is 7.11. The quantitative estimate of drug-likeness (QED) is 0.180. The molecular formula is C32H45BClN5. The maximum absolute atomic E-state index is 7.11. The highest BCUT2D eigenvalue weighted by atomic mass is 35.5. The van der Waals surface area contributed by atoms with Gasteiger partial charge in [0.05, 0.1) is 10.7 Å². The molecule has 2 aromatic rings. The summed E-state index contributed by atoms with van der Waals surface area (Å²) >= 11 is 7.11. The second-order valence-electron chi connectivity index (χ2n) is 11.0. The Labute approximate surface area is 242 Å². The van der Waals surface area contributed by atoms with Crippen LogP contribution in [0.3, 0.4) is 0 Å². The number of piperazine rings is 1. The van der Waals surface area contributed by atoms with Crippen LogP contribution >= 0.6 is 11.6 Å². The van der Waals surface area contributed by atoms with E-state index in [-0.39, 0.29) is 6.04 Å². The molecule has 2 heterocycles. The van der Waals surface area contributed by atoms with Gasteiger partial charge >= 0.3 is 0 Å². The van der Waals surface area contributed by atoms with Crippen molar-refractivity contribution in [1.29, 1.82) is 0 Å². The minimum absolute atomic E-state index is 0.196. The predicted molar refractivity (Wildman–Crippen MR) is 172 cm³/mol. The molecule has 0 bridgehead atoms. The van der Waals surface area contributed by atoms with E-state index in [2.05, 4.69) is 101 Å². The van der Waals surface area contributed by atoms with Gasteiger partial charge in [0.15, 0.2) is 7.85 Å². The van der Waals surface area contributed by atoms with Crippen LogP contribution < -0.4 is 5.59 Å². The number of aromatic nitrogens is 1. The molecule has 0 saturated carbocycles. The monoisotopic (exact) mass is 545 g/mol. The number of rotatable bonds is 9. The normalized spacial score (nSPS) is 15.9. The lowest BCUT2D eigenvalue weighted by molar-refractivity contribution is 0.227. The van der Waals surface area contributed by atoms with Crippen LogP contribution in [-0.2, 0) is 0 Å². The van der Waals surface area contributed by atoms with E-state index in [9.17, 15) is 0 Å². The van der Waals surface area contributed by atoms with E-state index in [1.54, 1.807) is 0 Å². The van der Waals surface area contributed by atoms with E-state index in [1.807, 2.05) is 13.9 Å². The molecule has 0 radical (unpaired) electrons. The number of amidine groups is 1. The number of allylic oxidation sites excluding steroid dienone is 2. The smallest absolute Gasteiger partial charge is 0.163 e. The van der Waals surface area contributed by atoms with Gasteiger partial charge in [-0.15, -0.1) is 0 Å². The Morgan fingerprint density at radius 1 is 1.10 bits per heavy atom. The van der Waals surface area contributed by atoms with Crippen LogP contribution in [0.4, 0.5) is 0 Å². The van der Waals surface area contributed by atoms with Crippen molar-refractivity contribution >= 4 is 30.9 Å². The number of hydrogen-bond donors (Lipinski definition) is 0. The number of hydrogen-bond acceptors (Lipinski definition) is 4. The fourth-order valence-electron chi connectivity index (χ4n) is 5.06. The predicted octanol–water partition coefficient (Wildman–Crippen LogP) is 5.52. The minimum atomic E-state index is 0.196. The van der Waals surface area contributed by atoms with Crippen molar-refractivity contribution in [2.24, 2.45) is 10.9 Å². The minimum Gasteiger partial charge on any atom is -0.368 e. The molecule has 0 amide bonds. The molecule has 1 fully saturated rings. The molecule has 0 aliphatic carbocycles. The highest BCUT2D eigenvalue weighted by Crippen LogP contribution is 2.36. The van der Waals surface area contributed by atoms with Gasteiger partial charge in [0.25, 0.3) is 0 Å². The largest absolute Gasteiger partial charge is 0.368 e. The van der Waals surface area contributed by atoms with Gasteiger partial charge in [-0.2, -0.15) is 0 Å². The summed E-state index contributed by atoms with van der Waals surface area (Å²) in [5, 5.41) is 0.681. The molecule has 2 atom stereocenters. The number of nitrogens with zero attached hydrogens (tertiary/aromatic N) is 5. The number of halogens is 1. The van der Waals surface area contributed by atoms with Gasteiger partial charge in [0, 0.05) is 54.7 Å². The van der Waals surface area contributed by atoms with Gasteiger partial charge in [0.1, 0.15) is 5.84 Å². The number of aryl methyl sites for hydroxylation is 2. The van der Waals surface area contributed by atoms with Crippen molar-refractivity contribution in [1.82, 2.24) is 19.7 Å². The average molecular weight is 546 g/mol. The summed E-state index contributed by atoms with van der Waals surface area (Å²) in [7, 11) is 6.24. The van der Waals surface area contributed by atoms with Crippen molar-refractivity contribution < 1.29 is 0 Å². The molecule has 1 aromatic carbocycles. The molecule has 39 heavy (non-hydrogen) atoms. The number of pyridine rings is 1. The van der Waals surface area contributed by atoms with Crippen LogP contribution in [0.1, 0.15) is 55.5 Å². The van der Waals surface area contributed by atoms with Crippen molar-refractivity contribution in [2.45, 2.75) is 47.1 Å². The molecule has 208 valence electrons. The van der Waals surface area contributed by atoms with Gasteiger partial charge in [-0.05, 0) is 93.8 Å². The zero-order chi connectivity index (χ0) is 29.0. The van der Waals surface area contributed by atoms with Gasteiger partial charge in [0.2, 0.25) is 0 Å². The molecule has 1 aromatic heterocycles. The van der Waals surface area contributed by atoms with Crippen molar-refractivity contribution in [3.05, 3.63) is 82.7 Å². The Morgan fingerprint density at radius 2 is 1.72 bits per heavy atom. The molecule has 5 nitrogen and oxygen atoms in total. The second kappa shape index (κ2) is 13.0. The summed E-state index contributed by atoms with van der Waals surface area (Å²) in [4.78, 5) is 17.0. The molecule has 1 aliphatic rings. The maximum Gasteiger partial charge on any atom is 0.163 e. The Bertz CT molecular complexity index is 1270. The number of benzene rings is 1. The van der Waals surface area contributed by atoms with E-state index < -0.39 is 0 Å². The molecule has 7 heteroatoms. The fourth-order valence-corrected chi connectivity index (χ4v) is 5.31. The second-order valence-corrected chi connectivity index (χ2v) is 11.4. The van der Waals surface area contributed by atoms with Crippen molar-refractivity contribution in [3.63, 3.8) is 0 Å². The van der Waals surface area contributed by atoms with Gasteiger partial charge < -0.3 is 14.7 Å². The summed E-state index contributed by atoms with van der Waals surface area (Å²) in [6.07, 6.45) is 2.82. The standard InChI is InChI=1S/C32H45BClN5/c1-11-20(3)24(7)35-32(39-15-13-38(14-16-39)23(6)12-2)26-19-28(34)27(17-21(26)4)31-30(25(8)37(9)10)22(5)18-29(33)36-31/h12,17-20,25H,2,6-7,11,13-16,33H2,1,3-5,8-10H3/b35-32+. The Hall–Kier alpha value is -2.83. The highest BCUT2D eigenvalue weighted by molar-refractivity contribution is 6.34. The summed E-state index contributed by atoms with van der Waals surface area (Å²) in [5.74, 6) is 1.23. The Morgan fingerprint density at radius 3 is 2.28 bits per heavy atom. The average Bonchev–Trinajstić information content (AvgIpc) is 2.91. The van der Waals surface area contributed by atoms with Crippen molar-refractivity contribution in [3.8, 4) is 11.3 Å². The summed E-state index contributed by atoms with van der Waals surface area (Å²) < 4.78 is 0. The third-order valence-electron chi connectivity index (χ3n) is 8.05. The summed E-state index contributed by atoms with van der Waals surface area (Å²) in [6, 6.07) is 6.61. The van der Waals surface area contributed by atoms with Gasteiger partial charge in [-0.25, -0.2) is 4.99 Å². The van der Waals surface area contributed by atoms with E-state index in [0.717, 1.165) is 77.8 Å². The van der Waals surface area contributed by atoms with E-state index in [4.69, 9.17) is 21.6 Å². The lowest BCUT2D eigenvalue weighted by atomic mass is 9.90. The van der Waals surface area contributed by atoms with Crippen LogP contribution in [0, 0.1) is 19.8 Å². The van der Waals surface area contributed by atoms with Crippen LogP contribution in [-0.4, -0.2) is 73.6 Å². The lowest BCUT2D eigenvalue weighted by Gasteiger charge is -2.38. The highest BCUT2D eigenvalue weighted by Gasteiger charge is 2.25. The van der Waals surface area contributed by atoms with E-state index in [0.29, 0.717) is 10.9 Å². The van der Waals surface area contributed by atoms with E-state index in [1.165, 1.54) is 11.1 Å². The molecular weight excluding hydrogens is 501 g/mol. The third kappa shape index (κ3) is 6.85. The molecule has 1 aliphatic heterocycles. The molecule has 2 unspecified atom stereocenters. The van der Waals surface area contributed by atoms with Crippen molar-refractivity contribution in [2.75, 3.05) is 40.3 Å². The SMILES string of the molecule is Bc1cc(C)c(C(C)N(C)C)c(-c2cc(C)c(/C(=N\C(=C)C(C)CC)N3CCN(C(=C)C=C)CC3)cc2Cl)n1. The zero-order valence-corrected chi connectivity index (χ0v) is 26.0. The first-order chi connectivity index (χ1) is 18.4. The zero-order valence-electron chi connectivity index (χ0n) is 25.2.